The van der Waals surface area contributed by atoms with Gasteiger partial charge in [0.1, 0.15) is 5.82 Å². The summed E-state index contributed by atoms with van der Waals surface area (Å²) >= 11 is 0. The molecule has 3 rings (SSSR count). The molecule has 0 bridgehead atoms. The molecule has 0 aliphatic heterocycles. The third kappa shape index (κ3) is 2.66. The normalized spacial score (nSPS) is 11.0. The van der Waals surface area contributed by atoms with Gasteiger partial charge in [0, 0.05) is 6.42 Å². The summed E-state index contributed by atoms with van der Waals surface area (Å²) in [6.07, 6.45) is 1.74. The molecule has 3 aromatic rings. The number of H-pyrrole nitrogens is 1. The number of aromatic nitrogens is 2. The van der Waals surface area contributed by atoms with Gasteiger partial charge in [0.05, 0.1) is 11.0 Å². The minimum atomic E-state index is 0.622. The summed E-state index contributed by atoms with van der Waals surface area (Å²) in [6, 6.07) is 16.9. The number of benzene rings is 2. The highest BCUT2D eigenvalue weighted by molar-refractivity contribution is 5.76. The average molecular weight is 251 g/mol. The molecular formula is C16H17N3. The lowest BCUT2D eigenvalue weighted by atomic mass is 10.0. The van der Waals surface area contributed by atoms with Crippen LogP contribution in [0.25, 0.3) is 11.0 Å². The standard InChI is InChI=1S/C16H17N3/c17-9-8-16-18-14-7-6-13(11-15(14)19-16)10-12-4-2-1-3-5-12/h1-7,11H,8-10,17H2,(H,18,19). The minimum Gasteiger partial charge on any atom is -0.342 e. The highest BCUT2D eigenvalue weighted by atomic mass is 14.9. The minimum absolute atomic E-state index is 0.622. The van der Waals surface area contributed by atoms with E-state index in [9.17, 15) is 0 Å². The Balaban J connectivity index is 1.88. The maximum atomic E-state index is 5.55. The van der Waals surface area contributed by atoms with Crippen molar-refractivity contribution < 1.29 is 0 Å². The predicted molar refractivity (Wildman–Crippen MR) is 78.1 cm³/mol. The summed E-state index contributed by atoms with van der Waals surface area (Å²) in [7, 11) is 0. The second-order valence-electron chi connectivity index (χ2n) is 4.74. The van der Waals surface area contributed by atoms with Crippen LogP contribution < -0.4 is 5.73 Å². The molecule has 1 aromatic heterocycles. The molecule has 0 atom stereocenters. The van der Waals surface area contributed by atoms with Gasteiger partial charge in [0.2, 0.25) is 0 Å². The largest absolute Gasteiger partial charge is 0.342 e. The second-order valence-corrected chi connectivity index (χ2v) is 4.74. The summed E-state index contributed by atoms with van der Waals surface area (Å²) in [6.45, 7) is 0.622. The number of aromatic amines is 1. The molecule has 19 heavy (non-hydrogen) atoms. The van der Waals surface area contributed by atoms with E-state index in [1.807, 2.05) is 6.07 Å². The van der Waals surface area contributed by atoms with Gasteiger partial charge < -0.3 is 10.7 Å². The summed E-state index contributed by atoms with van der Waals surface area (Å²) in [4.78, 5) is 7.85. The van der Waals surface area contributed by atoms with Crippen LogP contribution in [0.3, 0.4) is 0 Å². The first-order chi connectivity index (χ1) is 9.35. The van der Waals surface area contributed by atoms with Gasteiger partial charge in [-0.05, 0) is 36.2 Å². The molecule has 3 N–H and O–H groups in total. The van der Waals surface area contributed by atoms with Gasteiger partial charge in [-0.15, -0.1) is 0 Å². The number of rotatable bonds is 4. The monoisotopic (exact) mass is 251 g/mol. The molecule has 0 unspecified atom stereocenters. The first kappa shape index (κ1) is 11.9. The van der Waals surface area contributed by atoms with Gasteiger partial charge in [-0.1, -0.05) is 36.4 Å². The fourth-order valence-corrected chi connectivity index (χ4v) is 2.31. The van der Waals surface area contributed by atoms with Crippen LogP contribution in [0.2, 0.25) is 0 Å². The Morgan fingerprint density at radius 1 is 1.00 bits per heavy atom. The van der Waals surface area contributed by atoms with Gasteiger partial charge in [0.25, 0.3) is 0 Å². The van der Waals surface area contributed by atoms with Crippen LogP contribution in [-0.4, -0.2) is 16.5 Å². The van der Waals surface area contributed by atoms with Crippen molar-refractivity contribution in [1.29, 1.82) is 0 Å². The molecule has 0 saturated heterocycles. The first-order valence-electron chi connectivity index (χ1n) is 6.56. The number of nitrogens with zero attached hydrogens (tertiary/aromatic N) is 1. The summed E-state index contributed by atoms with van der Waals surface area (Å²) < 4.78 is 0. The van der Waals surface area contributed by atoms with Crippen molar-refractivity contribution in [1.82, 2.24) is 9.97 Å². The van der Waals surface area contributed by atoms with Crippen molar-refractivity contribution >= 4 is 11.0 Å². The van der Waals surface area contributed by atoms with E-state index in [0.29, 0.717) is 6.54 Å². The zero-order valence-corrected chi connectivity index (χ0v) is 10.8. The molecule has 0 radical (unpaired) electrons. The zero-order valence-electron chi connectivity index (χ0n) is 10.8. The van der Waals surface area contributed by atoms with Crippen LogP contribution in [0.15, 0.2) is 48.5 Å². The number of nitrogens with one attached hydrogen (secondary N) is 1. The zero-order chi connectivity index (χ0) is 13.1. The molecule has 0 aliphatic rings. The molecular weight excluding hydrogens is 234 g/mol. The van der Waals surface area contributed by atoms with Crippen LogP contribution in [0.1, 0.15) is 17.0 Å². The number of hydrogen-bond acceptors (Lipinski definition) is 2. The van der Waals surface area contributed by atoms with Gasteiger partial charge >= 0.3 is 0 Å². The Hall–Kier alpha value is -2.13. The Morgan fingerprint density at radius 2 is 1.84 bits per heavy atom. The second kappa shape index (κ2) is 5.24. The number of imidazole rings is 1. The highest BCUT2D eigenvalue weighted by Crippen LogP contribution is 2.16. The van der Waals surface area contributed by atoms with Gasteiger partial charge in [-0.2, -0.15) is 0 Å². The van der Waals surface area contributed by atoms with E-state index in [4.69, 9.17) is 5.73 Å². The van der Waals surface area contributed by atoms with Crippen molar-refractivity contribution in [2.24, 2.45) is 5.73 Å². The lowest BCUT2D eigenvalue weighted by molar-refractivity contribution is 0.900. The Morgan fingerprint density at radius 3 is 2.63 bits per heavy atom. The Kier molecular flexibility index (Phi) is 3.29. The van der Waals surface area contributed by atoms with Crippen molar-refractivity contribution in [2.75, 3.05) is 6.54 Å². The molecule has 0 aliphatic carbocycles. The van der Waals surface area contributed by atoms with Crippen molar-refractivity contribution in [3.8, 4) is 0 Å². The summed E-state index contributed by atoms with van der Waals surface area (Å²) in [5, 5.41) is 0. The molecule has 1 heterocycles. The molecule has 0 saturated carbocycles. The van der Waals surface area contributed by atoms with Gasteiger partial charge in [0.15, 0.2) is 0 Å². The number of nitrogens with two attached hydrogens (primary N) is 1. The SMILES string of the molecule is NCCc1nc2ccc(Cc3ccccc3)cc2[nH]1. The van der Waals surface area contributed by atoms with Crippen molar-refractivity contribution in [3.05, 3.63) is 65.5 Å². The van der Waals surface area contributed by atoms with Crippen molar-refractivity contribution in [2.45, 2.75) is 12.8 Å². The summed E-state index contributed by atoms with van der Waals surface area (Å²) in [5.74, 6) is 0.967. The molecule has 3 heteroatoms. The predicted octanol–water partition coefficient (Wildman–Crippen LogP) is 2.65. The molecule has 3 nitrogen and oxygen atoms in total. The van der Waals surface area contributed by atoms with Crippen LogP contribution in [0.5, 0.6) is 0 Å². The fourth-order valence-electron chi connectivity index (χ4n) is 2.31. The third-order valence-corrected chi connectivity index (χ3v) is 3.23. The maximum absolute atomic E-state index is 5.55. The topological polar surface area (TPSA) is 54.7 Å². The van der Waals surface area contributed by atoms with E-state index < -0.39 is 0 Å². The Bertz CT molecular complexity index is 671. The van der Waals surface area contributed by atoms with Gasteiger partial charge in [-0.25, -0.2) is 4.98 Å². The quantitative estimate of drug-likeness (QED) is 0.749. The summed E-state index contributed by atoms with van der Waals surface area (Å²) in [5.41, 5.74) is 10.3. The van der Waals surface area contributed by atoms with Crippen molar-refractivity contribution in [3.63, 3.8) is 0 Å². The number of fused-ring (bicyclic) bond motifs is 1. The van der Waals surface area contributed by atoms with Crippen LogP contribution in [-0.2, 0) is 12.8 Å². The lowest BCUT2D eigenvalue weighted by Gasteiger charge is -2.01. The smallest absolute Gasteiger partial charge is 0.108 e. The first-order valence-corrected chi connectivity index (χ1v) is 6.56. The molecule has 0 amide bonds. The van der Waals surface area contributed by atoms with Crippen LogP contribution in [0.4, 0.5) is 0 Å². The maximum Gasteiger partial charge on any atom is 0.108 e. The van der Waals surface area contributed by atoms with E-state index in [0.717, 1.165) is 29.7 Å². The number of hydrogen-bond donors (Lipinski definition) is 2. The average Bonchev–Trinajstić information content (AvgIpc) is 2.82. The lowest BCUT2D eigenvalue weighted by Crippen LogP contribution is -2.03. The van der Waals surface area contributed by atoms with Gasteiger partial charge in [-0.3, -0.25) is 0 Å². The Labute approximate surface area is 112 Å². The molecule has 0 spiro atoms. The fraction of sp³-hybridized carbons (Fsp3) is 0.188. The van der Waals surface area contributed by atoms with Crippen LogP contribution >= 0.6 is 0 Å². The molecule has 2 aromatic carbocycles. The van der Waals surface area contributed by atoms with E-state index in [2.05, 4.69) is 52.4 Å². The van der Waals surface area contributed by atoms with E-state index in [1.54, 1.807) is 0 Å². The van der Waals surface area contributed by atoms with E-state index >= 15 is 0 Å². The molecule has 96 valence electrons. The third-order valence-electron chi connectivity index (χ3n) is 3.23. The van der Waals surface area contributed by atoms with Crippen LogP contribution in [0, 0.1) is 0 Å². The van der Waals surface area contributed by atoms with E-state index in [-0.39, 0.29) is 0 Å². The van der Waals surface area contributed by atoms with E-state index in [1.165, 1.54) is 11.1 Å². The highest BCUT2D eigenvalue weighted by Gasteiger charge is 2.03. The molecule has 0 fully saturated rings.